The Morgan fingerprint density at radius 2 is 1.57 bits per heavy atom. The van der Waals surface area contributed by atoms with Gasteiger partial charge in [-0.1, -0.05) is 55.8 Å². The molecule has 3 rings (SSSR count). The van der Waals surface area contributed by atoms with Crippen molar-refractivity contribution < 1.29 is 38.8 Å². The lowest BCUT2D eigenvalue weighted by Crippen LogP contribution is -2.32. The van der Waals surface area contributed by atoms with Gasteiger partial charge in [0.15, 0.2) is 5.69 Å². The maximum Gasteiger partial charge on any atom is 0.376 e. The van der Waals surface area contributed by atoms with E-state index in [0.29, 0.717) is 17.8 Å². The van der Waals surface area contributed by atoms with E-state index in [-0.39, 0.29) is 17.9 Å². The van der Waals surface area contributed by atoms with E-state index in [4.69, 9.17) is 14.2 Å². The number of imidazole rings is 1. The van der Waals surface area contributed by atoms with Crippen LogP contribution in [-0.4, -0.2) is 55.7 Å². The third kappa shape index (κ3) is 9.00. The van der Waals surface area contributed by atoms with E-state index in [1.165, 1.54) is 13.8 Å². The summed E-state index contributed by atoms with van der Waals surface area (Å²) in [5.74, 6) is -1.99. The lowest BCUT2D eigenvalue weighted by molar-refractivity contribution is -0.177. The zero-order valence-electron chi connectivity index (χ0n) is 26.8. The Hall–Kier alpha value is -4.02. The van der Waals surface area contributed by atoms with E-state index in [2.05, 4.69) is 4.98 Å². The van der Waals surface area contributed by atoms with Crippen LogP contribution in [0, 0.1) is 0 Å². The Bertz CT molecular complexity index is 1460. The molecule has 1 atom stereocenters. The fourth-order valence-corrected chi connectivity index (χ4v) is 4.54. The number of aryl methyl sites for hydroxylation is 1. The minimum Gasteiger partial charge on any atom is -0.458 e. The van der Waals surface area contributed by atoms with Crippen molar-refractivity contribution in [3.63, 3.8) is 0 Å². The Labute approximate surface area is 259 Å². The molecule has 0 radical (unpaired) electrons. The largest absolute Gasteiger partial charge is 0.458 e. The molecule has 0 aliphatic heterocycles. The minimum absolute atomic E-state index is 0.0700. The summed E-state index contributed by atoms with van der Waals surface area (Å²) in [5, 5.41) is 21.2. The molecule has 10 heteroatoms. The number of esters is 3. The van der Waals surface area contributed by atoms with Gasteiger partial charge in [0.25, 0.3) is 6.29 Å². The summed E-state index contributed by atoms with van der Waals surface area (Å²) < 4.78 is 17.3. The maximum atomic E-state index is 13.4. The van der Waals surface area contributed by atoms with Crippen molar-refractivity contribution >= 4 is 17.9 Å². The molecule has 0 aliphatic carbocycles. The lowest BCUT2D eigenvalue weighted by atomic mass is 9.98. The molecule has 0 saturated carbocycles. The molecule has 0 aliphatic rings. The topological polar surface area (TPSA) is 137 Å². The van der Waals surface area contributed by atoms with E-state index in [1.54, 1.807) is 30.5 Å². The highest BCUT2D eigenvalue weighted by Gasteiger charge is 2.35. The standard InChI is InChI=1S/C34H44N2O8/c1-9-10-15-26-35-28(34(7,8)41)27(30(38)43-32(40)31(39)42-21(2)3)36(26)20-22-16-18-23(19-17-22)24-13-11-12-14-25(24)29(37)44-33(4,5)6/h11-14,16-19,21,32,40-41H,9-10,15,20H2,1-8H3. The number of hydrogen-bond acceptors (Lipinski definition) is 9. The summed E-state index contributed by atoms with van der Waals surface area (Å²) in [6, 6.07) is 14.7. The van der Waals surface area contributed by atoms with Gasteiger partial charge in [0, 0.05) is 13.0 Å². The second-order valence-electron chi connectivity index (χ2n) is 12.5. The first-order chi connectivity index (χ1) is 20.5. The van der Waals surface area contributed by atoms with Crippen LogP contribution in [0.4, 0.5) is 0 Å². The van der Waals surface area contributed by atoms with E-state index in [9.17, 15) is 24.6 Å². The zero-order chi connectivity index (χ0) is 32.8. The number of nitrogens with zero attached hydrogens (tertiary/aromatic N) is 2. The highest BCUT2D eigenvalue weighted by atomic mass is 16.7. The number of aliphatic hydroxyl groups excluding tert-OH is 1. The van der Waals surface area contributed by atoms with Gasteiger partial charge in [-0.3, -0.25) is 0 Å². The molecule has 0 saturated heterocycles. The van der Waals surface area contributed by atoms with Crippen molar-refractivity contribution in [2.45, 2.75) is 105 Å². The van der Waals surface area contributed by atoms with Crippen molar-refractivity contribution in [1.82, 2.24) is 9.55 Å². The number of benzene rings is 2. The summed E-state index contributed by atoms with van der Waals surface area (Å²) in [6.45, 7) is 13.9. The van der Waals surface area contributed by atoms with Crippen LogP contribution < -0.4 is 0 Å². The van der Waals surface area contributed by atoms with Crippen LogP contribution in [0.2, 0.25) is 0 Å². The second-order valence-corrected chi connectivity index (χ2v) is 12.5. The third-order valence-corrected chi connectivity index (χ3v) is 6.50. The molecule has 238 valence electrons. The fourth-order valence-electron chi connectivity index (χ4n) is 4.54. The highest BCUT2D eigenvalue weighted by Crippen LogP contribution is 2.29. The number of ether oxygens (including phenoxy) is 3. The van der Waals surface area contributed by atoms with Gasteiger partial charge >= 0.3 is 17.9 Å². The second kappa shape index (κ2) is 14.2. The van der Waals surface area contributed by atoms with Crippen LogP contribution in [0.3, 0.4) is 0 Å². The fraction of sp³-hybridized carbons (Fsp3) is 0.471. The first-order valence-electron chi connectivity index (χ1n) is 14.8. The molecule has 1 aromatic heterocycles. The average molecular weight is 609 g/mol. The Balaban J connectivity index is 2.01. The lowest BCUT2D eigenvalue weighted by Gasteiger charge is -2.20. The van der Waals surface area contributed by atoms with Gasteiger partial charge in [-0.05, 0) is 77.6 Å². The Morgan fingerprint density at radius 1 is 0.932 bits per heavy atom. The first-order valence-corrected chi connectivity index (χ1v) is 14.8. The monoisotopic (exact) mass is 608 g/mol. The number of rotatable bonds is 12. The normalized spacial score (nSPS) is 12.6. The van der Waals surface area contributed by atoms with E-state index in [0.717, 1.165) is 29.5 Å². The van der Waals surface area contributed by atoms with Crippen LogP contribution in [0.5, 0.6) is 0 Å². The van der Waals surface area contributed by atoms with Gasteiger partial charge in [0.05, 0.1) is 11.7 Å². The number of aliphatic hydroxyl groups is 2. The van der Waals surface area contributed by atoms with E-state index in [1.807, 2.05) is 64.1 Å². The van der Waals surface area contributed by atoms with Gasteiger partial charge in [0.2, 0.25) is 0 Å². The number of hydrogen-bond donors (Lipinski definition) is 2. The predicted molar refractivity (Wildman–Crippen MR) is 165 cm³/mol. The summed E-state index contributed by atoms with van der Waals surface area (Å²) >= 11 is 0. The molecule has 0 fully saturated rings. The molecule has 10 nitrogen and oxygen atoms in total. The van der Waals surface area contributed by atoms with Crippen LogP contribution in [0.25, 0.3) is 11.1 Å². The molecule has 0 spiro atoms. The molecule has 0 amide bonds. The average Bonchev–Trinajstić information content (AvgIpc) is 3.29. The van der Waals surface area contributed by atoms with Crippen LogP contribution in [0.15, 0.2) is 48.5 Å². The zero-order valence-corrected chi connectivity index (χ0v) is 26.8. The molecular weight excluding hydrogens is 564 g/mol. The molecule has 2 N–H and O–H groups in total. The number of carbonyl (C=O) groups excluding carboxylic acids is 3. The van der Waals surface area contributed by atoms with Crippen molar-refractivity contribution in [2.24, 2.45) is 0 Å². The Kier molecular flexibility index (Phi) is 11.1. The molecule has 2 aromatic carbocycles. The molecule has 3 aromatic rings. The van der Waals surface area contributed by atoms with Gasteiger partial charge in [0.1, 0.15) is 22.7 Å². The summed E-state index contributed by atoms with van der Waals surface area (Å²) in [4.78, 5) is 43.1. The maximum absolute atomic E-state index is 13.4. The molecular formula is C34H44N2O8. The van der Waals surface area contributed by atoms with Crippen molar-refractivity contribution in [2.75, 3.05) is 0 Å². The SMILES string of the molecule is CCCCc1nc(C(C)(C)O)c(C(=O)OC(O)C(=O)OC(C)C)n1Cc1ccc(-c2ccccc2C(=O)OC(C)(C)C)cc1. The quantitative estimate of drug-likeness (QED) is 0.154. The van der Waals surface area contributed by atoms with Gasteiger partial charge < -0.3 is 29.0 Å². The summed E-state index contributed by atoms with van der Waals surface area (Å²) in [6.07, 6.45) is -0.498. The molecule has 0 bridgehead atoms. The van der Waals surface area contributed by atoms with Crippen LogP contribution in [0.1, 0.15) is 106 Å². The van der Waals surface area contributed by atoms with Crippen molar-refractivity contribution in [3.05, 3.63) is 76.9 Å². The Morgan fingerprint density at radius 3 is 2.14 bits per heavy atom. The smallest absolute Gasteiger partial charge is 0.376 e. The number of aromatic nitrogens is 2. The number of carbonyl (C=O) groups is 3. The van der Waals surface area contributed by atoms with Crippen LogP contribution in [-0.2, 0) is 37.6 Å². The van der Waals surface area contributed by atoms with Crippen molar-refractivity contribution in [1.29, 1.82) is 0 Å². The highest BCUT2D eigenvalue weighted by molar-refractivity contribution is 5.97. The summed E-state index contributed by atoms with van der Waals surface area (Å²) in [5.41, 5.74) is 0.598. The van der Waals surface area contributed by atoms with Gasteiger partial charge in [-0.25, -0.2) is 19.4 Å². The van der Waals surface area contributed by atoms with E-state index < -0.39 is 41.5 Å². The number of unbranched alkanes of at least 4 members (excludes halogenated alkanes) is 1. The predicted octanol–water partition coefficient (Wildman–Crippen LogP) is 5.55. The van der Waals surface area contributed by atoms with Crippen LogP contribution >= 0.6 is 0 Å². The van der Waals surface area contributed by atoms with Crippen molar-refractivity contribution in [3.8, 4) is 11.1 Å². The first kappa shape index (κ1) is 34.5. The molecule has 1 heterocycles. The molecule has 44 heavy (non-hydrogen) atoms. The van der Waals surface area contributed by atoms with Gasteiger partial charge in [-0.2, -0.15) is 0 Å². The third-order valence-electron chi connectivity index (χ3n) is 6.50. The van der Waals surface area contributed by atoms with Gasteiger partial charge in [-0.15, -0.1) is 0 Å². The summed E-state index contributed by atoms with van der Waals surface area (Å²) in [7, 11) is 0. The van der Waals surface area contributed by atoms with E-state index >= 15 is 0 Å². The molecule has 1 unspecified atom stereocenters. The minimum atomic E-state index is -2.15.